The first-order valence-electron chi connectivity index (χ1n) is 2.32. The van der Waals surface area contributed by atoms with E-state index in [1.807, 2.05) is 7.05 Å². The summed E-state index contributed by atoms with van der Waals surface area (Å²) in [6.07, 6.45) is 1.48. The fourth-order valence-corrected chi connectivity index (χ4v) is 0.395. The summed E-state index contributed by atoms with van der Waals surface area (Å²) in [4.78, 5) is 1.77. The lowest BCUT2D eigenvalue weighted by atomic mass is 10.7. The minimum Gasteiger partial charge on any atom is -0.339 e. The minimum atomic E-state index is -0.198. The molecule has 0 aromatic carbocycles. The highest BCUT2D eigenvalue weighted by atomic mass is 15.5. The third-order valence-electron chi connectivity index (χ3n) is 0.962. The van der Waals surface area contributed by atoms with Crippen molar-refractivity contribution in [1.82, 2.24) is 10.3 Å². The topological polar surface area (TPSA) is 53.6 Å². The number of nitrogens with zero attached hydrogens (tertiary/aromatic N) is 2. The van der Waals surface area contributed by atoms with Gasteiger partial charge in [-0.25, -0.2) is 0 Å². The third-order valence-corrected chi connectivity index (χ3v) is 0.962. The van der Waals surface area contributed by atoms with Crippen LogP contribution in [0.15, 0.2) is 11.3 Å². The van der Waals surface area contributed by atoms with Gasteiger partial charge in [-0.05, 0) is 0 Å². The zero-order chi connectivity index (χ0) is 5.98. The molecule has 44 valence electrons. The average Bonchev–Trinajstić information content (AvgIpc) is 1.77. The van der Waals surface area contributed by atoms with Gasteiger partial charge >= 0.3 is 0 Å². The second kappa shape index (κ2) is 1.86. The fraction of sp³-hybridized carbons (Fsp3) is 0.500. The molecule has 1 rings (SSSR count). The van der Waals surface area contributed by atoms with Gasteiger partial charge < -0.3 is 4.90 Å². The molecule has 0 radical (unpaired) electrons. The molecule has 1 aliphatic rings. The van der Waals surface area contributed by atoms with Crippen LogP contribution in [0.1, 0.15) is 0 Å². The van der Waals surface area contributed by atoms with Crippen LogP contribution in [0.2, 0.25) is 0 Å². The molecule has 8 heavy (non-hydrogen) atoms. The van der Waals surface area contributed by atoms with Gasteiger partial charge in [0.2, 0.25) is 0 Å². The molecule has 3 N–H and O–H groups in total. The van der Waals surface area contributed by atoms with Crippen molar-refractivity contribution in [3.63, 3.8) is 0 Å². The van der Waals surface area contributed by atoms with Gasteiger partial charge in [0.1, 0.15) is 0 Å². The Labute approximate surface area is 47.7 Å². The quantitative estimate of drug-likeness (QED) is 0.416. The Morgan fingerprint density at radius 3 is 3.12 bits per heavy atom. The molecule has 0 spiro atoms. The molecule has 0 aliphatic carbocycles. The van der Waals surface area contributed by atoms with E-state index in [2.05, 4.69) is 16.4 Å². The standard InChI is InChI=1S/C4H8N4/c1-8-3-2-6-7-4(8)5/h3-4,7H,5H2,1H3. The van der Waals surface area contributed by atoms with Crippen LogP contribution in [0.25, 0.3) is 0 Å². The summed E-state index contributed by atoms with van der Waals surface area (Å²) in [5, 5.41) is 3.59. The maximum absolute atomic E-state index is 5.43. The van der Waals surface area contributed by atoms with E-state index in [9.17, 15) is 0 Å². The smallest absolute Gasteiger partial charge is 0.168 e. The highest BCUT2D eigenvalue weighted by Gasteiger charge is 2.03. The molecule has 0 aromatic heterocycles. The maximum atomic E-state index is 5.43. The molecular formula is C4H8N4. The molecule has 4 heteroatoms. The van der Waals surface area contributed by atoms with Gasteiger partial charge in [0.15, 0.2) is 6.29 Å². The molecule has 0 saturated carbocycles. The number of rotatable bonds is 0. The Hall–Kier alpha value is -0.990. The summed E-state index contributed by atoms with van der Waals surface area (Å²) < 4.78 is 0. The number of hydrogen-bond acceptors (Lipinski definition) is 4. The van der Waals surface area contributed by atoms with E-state index < -0.39 is 0 Å². The molecule has 0 amide bonds. The van der Waals surface area contributed by atoms with E-state index in [1.165, 1.54) is 0 Å². The summed E-state index contributed by atoms with van der Waals surface area (Å²) in [6.45, 7) is 0. The summed E-state index contributed by atoms with van der Waals surface area (Å²) in [5.74, 6) is 2.60. The van der Waals surface area contributed by atoms with Crippen molar-refractivity contribution in [3.8, 4) is 0 Å². The monoisotopic (exact) mass is 112 g/mol. The van der Waals surface area contributed by atoms with Crippen molar-refractivity contribution in [2.24, 2.45) is 10.8 Å². The van der Waals surface area contributed by atoms with E-state index in [0.717, 1.165) is 0 Å². The van der Waals surface area contributed by atoms with E-state index >= 15 is 0 Å². The Bertz CT molecular complexity index is 135. The first-order chi connectivity index (χ1) is 3.80. The predicted molar refractivity (Wildman–Crippen MR) is 30.9 cm³/mol. The molecule has 4 nitrogen and oxygen atoms in total. The van der Waals surface area contributed by atoms with Crippen LogP contribution in [0.4, 0.5) is 0 Å². The van der Waals surface area contributed by atoms with E-state index in [-0.39, 0.29) is 6.29 Å². The van der Waals surface area contributed by atoms with Gasteiger partial charge in [-0.15, -0.1) is 5.10 Å². The number of nitrogens with two attached hydrogens (primary N) is 1. The van der Waals surface area contributed by atoms with Gasteiger partial charge in [0, 0.05) is 12.9 Å². The predicted octanol–water partition coefficient (Wildman–Crippen LogP) is -1.14. The molecular weight excluding hydrogens is 104 g/mol. The average molecular weight is 112 g/mol. The summed E-state index contributed by atoms with van der Waals surface area (Å²) >= 11 is 0. The first kappa shape index (κ1) is 5.15. The number of hydrazone groups is 1. The molecule has 1 unspecified atom stereocenters. The first-order valence-corrected chi connectivity index (χ1v) is 2.32. The molecule has 0 fully saturated rings. The molecule has 0 saturated heterocycles. The minimum absolute atomic E-state index is 0.198. The SMILES string of the molecule is CN1C=C=NNC1N. The van der Waals surface area contributed by atoms with Crippen molar-refractivity contribution < 1.29 is 0 Å². The van der Waals surface area contributed by atoms with Gasteiger partial charge in [-0.1, -0.05) is 0 Å². The van der Waals surface area contributed by atoms with E-state index in [1.54, 1.807) is 11.1 Å². The van der Waals surface area contributed by atoms with Gasteiger partial charge in [0.05, 0.1) is 6.20 Å². The second-order valence-electron chi connectivity index (χ2n) is 1.61. The zero-order valence-corrected chi connectivity index (χ0v) is 4.63. The highest BCUT2D eigenvalue weighted by molar-refractivity contribution is 5.51. The molecule has 1 aliphatic heterocycles. The summed E-state index contributed by atoms with van der Waals surface area (Å²) in [7, 11) is 1.85. The van der Waals surface area contributed by atoms with Crippen molar-refractivity contribution in [2.45, 2.75) is 6.29 Å². The second-order valence-corrected chi connectivity index (χ2v) is 1.61. The van der Waals surface area contributed by atoms with Gasteiger partial charge in [0.25, 0.3) is 0 Å². The Balaban J connectivity index is 2.62. The third kappa shape index (κ3) is 0.804. The molecule has 1 heterocycles. The number of hydrogen-bond donors (Lipinski definition) is 2. The lowest BCUT2D eigenvalue weighted by molar-refractivity contribution is 0.283. The Morgan fingerprint density at radius 1 is 2.00 bits per heavy atom. The fourth-order valence-electron chi connectivity index (χ4n) is 0.395. The van der Waals surface area contributed by atoms with Crippen LogP contribution >= 0.6 is 0 Å². The highest BCUT2D eigenvalue weighted by Crippen LogP contribution is 1.85. The summed E-state index contributed by atoms with van der Waals surface area (Å²) in [6, 6.07) is 0. The van der Waals surface area contributed by atoms with Gasteiger partial charge in [-0.3, -0.25) is 11.2 Å². The molecule has 1 atom stereocenters. The lowest BCUT2D eigenvalue weighted by Crippen LogP contribution is -2.47. The van der Waals surface area contributed by atoms with Crippen molar-refractivity contribution in [3.05, 3.63) is 6.20 Å². The van der Waals surface area contributed by atoms with Crippen LogP contribution in [0, 0.1) is 0 Å². The largest absolute Gasteiger partial charge is 0.339 e. The van der Waals surface area contributed by atoms with Crippen molar-refractivity contribution >= 4 is 5.87 Å². The molecule has 0 bridgehead atoms. The van der Waals surface area contributed by atoms with Crippen molar-refractivity contribution in [2.75, 3.05) is 7.05 Å². The maximum Gasteiger partial charge on any atom is 0.168 e. The zero-order valence-electron chi connectivity index (χ0n) is 4.63. The van der Waals surface area contributed by atoms with Gasteiger partial charge in [-0.2, -0.15) is 0 Å². The van der Waals surface area contributed by atoms with Crippen molar-refractivity contribution in [1.29, 1.82) is 0 Å². The number of nitrogens with one attached hydrogen (secondary N) is 1. The van der Waals surface area contributed by atoms with Crippen LogP contribution in [-0.2, 0) is 0 Å². The van der Waals surface area contributed by atoms with Crippen LogP contribution < -0.4 is 11.2 Å². The molecule has 0 aromatic rings. The van der Waals surface area contributed by atoms with Crippen LogP contribution in [0.5, 0.6) is 0 Å². The lowest BCUT2D eigenvalue weighted by Gasteiger charge is -2.22. The van der Waals surface area contributed by atoms with E-state index in [0.29, 0.717) is 0 Å². The van der Waals surface area contributed by atoms with E-state index in [4.69, 9.17) is 5.73 Å². The normalized spacial score (nSPS) is 25.8. The Morgan fingerprint density at radius 2 is 2.75 bits per heavy atom. The van der Waals surface area contributed by atoms with Crippen LogP contribution in [-0.4, -0.2) is 24.1 Å². The summed E-state index contributed by atoms with van der Waals surface area (Å²) in [5.41, 5.74) is 8.05. The Kier molecular flexibility index (Phi) is 1.20. The van der Waals surface area contributed by atoms with Crippen LogP contribution in [0.3, 0.4) is 0 Å².